The fraction of sp³-hybridized carbons (Fsp3) is 0.438. The Bertz CT molecular complexity index is 713. The van der Waals surface area contributed by atoms with Crippen molar-refractivity contribution in [3.8, 4) is 5.75 Å². The van der Waals surface area contributed by atoms with Gasteiger partial charge in [0, 0.05) is 19.5 Å². The summed E-state index contributed by atoms with van der Waals surface area (Å²) in [5.41, 5.74) is 0.172. The van der Waals surface area contributed by atoms with Gasteiger partial charge >= 0.3 is 6.18 Å². The van der Waals surface area contributed by atoms with Gasteiger partial charge in [-0.2, -0.15) is 13.2 Å². The number of benzene rings is 1. The Hall–Kier alpha value is -1.73. The fourth-order valence-corrected chi connectivity index (χ4v) is 3.17. The molecule has 2 aromatic rings. The first kappa shape index (κ1) is 17.1. The summed E-state index contributed by atoms with van der Waals surface area (Å²) in [4.78, 5) is 4.36. The summed E-state index contributed by atoms with van der Waals surface area (Å²) in [6, 6.07) is 4.51. The molecule has 1 atom stereocenters. The lowest BCUT2D eigenvalue weighted by atomic mass is 10.2. The summed E-state index contributed by atoms with van der Waals surface area (Å²) in [6.07, 6.45) is -3.56. The van der Waals surface area contributed by atoms with Crippen LogP contribution in [0.25, 0.3) is 0 Å². The van der Waals surface area contributed by atoms with Crippen LogP contribution in [0.2, 0.25) is 5.15 Å². The quantitative estimate of drug-likeness (QED) is 0.901. The van der Waals surface area contributed by atoms with Crippen LogP contribution in [0.4, 0.5) is 13.2 Å². The van der Waals surface area contributed by atoms with Crippen molar-refractivity contribution in [3.63, 3.8) is 0 Å². The number of nitrogens with one attached hydrogen (secondary N) is 1. The van der Waals surface area contributed by atoms with Crippen molar-refractivity contribution in [2.24, 2.45) is 0 Å². The number of nitrogens with zero attached hydrogens (tertiary/aromatic N) is 2. The SMILES string of the molecule is CCc1nc(Cl)c2n1CCNC2COc1ccc(C(F)(F)F)cc1. The predicted octanol–water partition coefficient (Wildman–Crippen LogP) is 3.84. The van der Waals surface area contributed by atoms with Crippen molar-refractivity contribution in [1.82, 2.24) is 14.9 Å². The molecule has 3 rings (SSSR count). The highest BCUT2D eigenvalue weighted by molar-refractivity contribution is 6.30. The van der Waals surface area contributed by atoms with Gasteiger partial charge in [-0.3, -0.25) is 0 Å². The van der Waals surface area contributed by atoms with Crippen LogP contribution < -0.4 is 10.1 Å². The predicted molar refractivity (Wildman–Crippen MR) is 84.3 cm³/mol. The zero-order chi connectivity index (χ0) is 17.3. The average molecular weight is 360 g/mol. The van der Waals surface area contributed by atoms with Crippen molar-refractivity contribution in [1.29, 1.82) is 0 Å². The molecule has 1 unspecified atom stereocenters. The molecule has 130 valence electrons. The number of hydrogen-bond donors (Lipinski definition) is 1. The third-order valence-corrected chi connectivity index (χ3v) is 4.29. The van der Waals surface area contributed by atoms with Gasteiger partial charge < -0.3 is 14.6 Å². The summed E-state index contributed by atoms with van der Waals surface area (Å²) in [5.74, 6) is 1.31. The van der Waals surface area contributed by atoms with E-state index in [1.54, 1.807) is 0 Å². The van der Waals surface area contributed by atoms with Crippen molar-refractivity contribution >= 4 is 11.6 Å². The summed E-state index contributed by atoms with van der Waals surface area (Å²) >= 11 is 6.24. The topological polar surface area (TPSA) is 39.1 Å². The minimum absolute atomic E-state index is 0.152. The van der Waals surface area contributed by atoms with Crippen LogP contribution in [0.1, 0.15) is 30.0 Å². The first-order chi connectivity index (χ1) is 11.4. The molecular weight excluding hydrogens is 343 g/mol. The molecule has 8 heteroatoms. The molecule has 2 heterocycles. The number of aromatic nitrogens is 2. The normalized spacial score (nSPS) is 17.6. The fourth-order valence-electron chi connectivity index (χ4n) is 2.84. The lowest BCUT2D eigenvalue weighted by molar-refractivity contribution is -0.137. The molecule has 0 saturated heterocycles. The molecule has 0 bridgehead atoms. The number of halogens is 4. The number of hydrogen-bond acceptors (Lipinski definition) is 3. The Morgan fingerprint density at radius 2 is 2.04 bits per heavy atom. The van der Waals surface area contributed by atoms with Crippen LogP contribution in [-0.2, 0) is 19.1 Å². The number of alkyl halides is 3. The maximum atomic E-state index is 12.6. The van der Waals surface area contributed by atoms with Gasteiger partial charge in [0.15, 0.2) is 5.15 Å². The number of aryl methyl sites for hydroxylation is 1. The van der Waals surface area contributed by atoms with Gasteiger partial charge in [0.25, 0.3) is 0 Å². The molecule has 0 radical (unpaired) electrons. The van der Waals surface area contributed by atoms with Gasteiger partial charge in [-0.1, -0.05) is 18.5 Å². The van der Waals surface area contributed by atoms with Gasteiger partial charge in [0.2, 0.25) is 0 Å². The summed E-state index contributed by atoms with van der Waals surface area (Å²) in [6.45, 7) is 3.82. The van der Waals surface area contributed by atoms with Crippen molar-refractivity contribution < 1.29 is 17.9 Å². The first-order valence-electron chi connectivity index (χ1n) is 7.68. The molecule has 0 amide bonds. The second-order valence-electron chi connectivity index (χ2n) is 5.55. The van der Waals surface area contributed by atoms with Crippen molar-refractivity contribution in [2.75, 3.05) is 13.2 Å². The number of fused-ring (bicyclic) bond motifs is 1. The molecule has 0 saturated carbocycles. The van der Waals surface area contributed by atoms with Crippen LogP contribution in [0.3, 0.4) is 0 Å². The monoisotopic (exact) mass is 359 g/mol. The van der Waals surface area contributed by atoms with Crippen LogP contribution in [0, 0.1) is 0 Å². The number of imidazole rings is 1. The molecule has 0 spiro atoms. The Morgan fingerprint density at radius 1 is 1.33 bits per heavy atom. The van der Waals surface area contributed by atoms with Crippen LogP contribution in [0.15, 0.2) is 24.3 Å². The summed E-state index contributed by atoms with van der Waals surface area (Å²) < 4.78 is 45.4. The zero-order valence-corrected chi connectivity index (χ0v) is 13.8. The van der Waals surface area contributed by atoms with E-state index in [0.717, 1.165) is 43.2 Å². The molecule has 1 aliphatic heterocycles. The lowest BCUT2D eigenvalue weighted by Gasteiger charge is -2.27. The second-order valence-corrected chi connectivity index (χ2v) is 5.91. The highest BCUT2D eigenvalue weighted by atomic mass is 35.5. The molecular formula is C16H17ClF3N3O. The zero-order valence-electron chi connectivity index (χ0n) is 13.0. The van der Waals surface area contributed by atoms with E-state index in [4.69, 9.17) is 16.3 Å². The van der Waals surface area contributed by atoms with E-state index in [1.807, 2.05) is 6.92 Å². The number of ether oxygens (including phenoxy) is 1. The second kappa shape index (κ2) is 6.64. The maximum absolute atomic E-state index is 12.6. The van der Waals surface area contributed by atoms with E-state index in [1.165, 1.54) is 12.1 Å². The Kier molecular flexibility index (Phi) is 4.73. The van der Waals surface area contributed by atoms with Gasteiger partial charge in [-0.15, -0.1) is 0 Å². The molecule has 0 fully saturated rings. The minimum atomic E-state index is -4.35. The molecule has 1 N–H and O–H groups in total. The van der Waals surface area contributed by atoms with Crippen molar-refractivity contribution in [3.05, 3.63) is 46.5 Å². The number of rotatable bonds is 4. The smallest absolute Gasteiger partial charge is 0.416 e. The summed E-state index contributed by atoms with van der Waals surface area (Å²) in [7, 11) is 0. The Morgan fingerprint density at radius 3 is 2.67 bits per heavy atom. The lowest BCUT2D eigenvalue weighted by Crippen LogP contribution is -2.37. The molecule has 1 aliphatic rings. The molecule has 1 aromatic carbocycles. The highest BCUT2D eigenvalue weighted by Crippen LogP contribution is 2.31. The maximum Gasteiger partial charge on any atom is 0.416 e. The van der Waals surface area contributed by atoms with E-state index >= 15 is 0 Å². The highest BCUT2D eigenvalue weighted by Gasteiger charge is 2.30. The summed E-state index contributed by atoms with van der Waals surface area (Å²) in [5, 5.41) is 3.75. The van der Waals surface area contributed by atoms with E-state index < -0.39 is 11.7 Å². The minimum Gasteiger partial charge on any atom is -0.492 e. The standard InChI is InChI=1S/C16H17ClF3N3O/c1-2-13-22-15(17)14-12(21-7-8-23(13)14)9-24-11-5-3-10(4-6-11)16(18,19)20/h3-6,12,21H,2,7-9H2,1H3. The molecule has 0 aliphatic carbocycles. The van der Waals surface area contributed by atoms with E-state index in [2.05, 4.69) is 14.9 Å². The largest absolute Gasteiger partial charge is 0.492 e. The molecule has 24 heavy (non-hydrogen) atoms. The third-order valence-electron chi connectivity index (χ3n) is 4.01. The first-order valence-corrected chi connectivity index (χ1v) is 8.06. The van der Waals surface area contributed by atoms with E-state index in [0.29, 0.717) is 10.9 Å². The van der Waals surface area contributed by atoms with Gasteiger partial charge in [-0.05, 0) is 24.3 Å². The Labute approximate surface area is 142 Å². The van der Waals surface area contributed by atoms with Gasteiger partial charge in [0.05, 0.1) is 17.3 Å². The van der Waals surface area contributed by atoms with Crippen LogP contribution in [-0.4, -0.2) is 22.7 Å². The molecule has 4 nitrogen and oxygen atoms in total. The third kappa shape index (κ3) is 3.37. The van der Waals surface area contributed by atoms with Gasteiger partial charge in [-0.25, -0.2) is 4.98 Å². The van der Waals surface area contributed by atoms with Crippen LogP contribution in [0.5, 0.6) is 5.75 Å². The molecule has 1 aromatic heterocycles. The van der Waals surface area contributed by atoms with Gasteiger partial charge in [0.1, 0.15) is 18.2 Å². The Balaban J connectivity index is 1.71. The average Bonchev–Trinajstić information content (AvgIpc) is 2.89. The van der Waals surface area contributed by atoms with Crippen molar-refractivity contribution in [2.45, 2.75) is 32.1 Å². The van der Waals surface area contributed by atoms with Crippen LogP contribution >= 0.6 is 11.6 Å². The van der Waals surface area contributed by atoms with E-state index in [-0.39, 0.29) is 12.6 Å². The van der Waals surface area contributed by atoms with E-state index in [9.17, 15) is 13.2 Å².